The third kappa shape index (κ3) is 1.29. The van der Waals surface area contributed by atoms with Gasteiger partial charge in [0, 0.05) is 12.4 Å². The van der Waals surface area contributed by atoms with Gasteiger partial charge in [-0.2, -0.15) is 0 Å². The van der Waals surface area contributed by atoms with Crippen LogP contribution in [0.15, 0.2) is 17.2 Å². The molecule has 9 heavy (non-hydrogen) atoms. The molecule has 0 radical (unpaired) electrons. The summed E-state index contributed by atoms with van der Waals surface area (Å²) in [6.45, 7) is 0. The zero-order chi connectivity index (χ0) is 6.85. The second-order valence-corrected chi connectivity index (χ2v) is 2.64. The normalized spacial score (nSPS) is 9.56. The first kappa shape index (κ1) is 6.73. The Hall–Kier alpha value is -0.390. The van der Waals surface area contributed by atoms with Crippen LogP contribution in [0, 0.1) is 9.39 Å². The molecule has 1 N–H and O–H groups in total. The lowest BCUT2D eigenvalue weighted by atomic mass is 10.5. The minimum absolute atomic E-state index is 0.368. The molecule has 4 heteroatoms. The smallest absolute Gasteiger partial charge is 0.230 e. The van der Waals surface area contributed by atoms with E-state index in [1.807, 2.05) is 0 Å². The average molecular weight is 239 g/mol. The zero-order valence-electron chi connectivity index (χ0n) is 4.32. The van der Waals surface area contributed by atoms with E-state index in [9.17, 15) is 9.18 Å². The van der Waals surface area contributed by atoms with Crippen molar-refractivity contribution >= 4 is 22.6 Å². The molecule has 1 aromatic heterocycles. The molecule has 1 heterocycles. The van der Waals surface area contributed by atoms with E-state index in [1.165, 1.54) is 6.20 Å². The van der Waals surface area contributed by atoms with Crippen LogP contribution in [0.5, 0.6) is 0 Å². The molecule has 0 aliphatic rings. The predicted molar refractivity (Wildman–Crippen MR) is 39.7 cm³/mol. The minimum atomic E-state index is -0.734. The summed E-state index contributed by atoms with van der Waals surface area (Å²) in [7, 11) is 0. The third-order valence-corrected chi connectivity index (χ3v) is 1.66. The summed E-state index contributed by atoms with van der Waals surface area (Å²) in [6, 6.07) is 0. The number of nitrogens with one attached hydrogen (secondary N) is 1. The SMILES string of the molecule is O=c1c(F)c[nH]cc1I. The molecule has 0 bridgehead atoms. The van der Waals surface area contributed by atoms with Crippen LogP contribution in [0.2, 0.25) is 0 Å². The molecule has 2 nitrogen and oxygen atoms in total. The summed E-state index contributed by atoms with van der Waals surface area (Å²) in [4.78, 5) is 13.1. The molecule has 0 atom stereocenters. The second kappa shape index (κ2) is 2.47. The van der Waals surface area contributed by atoms with Gasteiger partial charge < -0.3 is 4.98 Å². The van der Waals surface area contributed by atoms with Gasteiger partial charge in [0.25, 0.3) is 0 Å². The van der Waals surface area contributed by atoms with Crippen molar-refractivity contribution < 1.29 is 4.39 Å². The topological polar surface area (TPSA) is 32.9 Å². The second-order valence-electron chi connectivity index (χ2n) is 1.48. The van der Waals surface area contributed by atoms with Crippen molar-refractivity contribution in [1.82, 2.24) is 4.98 Å². The van der Waals surface area contributed by atoms with Gasteiger partial charge in [-0.15, -0.1) is 0 Å². The Morgan fingerprint density at radius 1 is 1.56 bits per heavy atom. The largest absolute Gasteiger partial charge is 0.364 e. The van der Waals surface area contributed by atoms with E-state index in [0.29, 0.717) is 3.57 Å². The summed E-state index contributed by atoms with van der Waals surface area (Å²) in [5.74, 6) is -0.734. The molecular weight excluding hydrogens is 236 g/mol. The Morgan fingerprint density at radius 2 is 2.22 bits per heavy atom. The van der Waals surface area contributed by atoms with E-state index in [4.69, 9.17) is 0 Å². The summed E-state index contributed by atoms with van der Waals surface area (Å²) in [5, 5.41) is 0. The molecule has 48 valence electrons. The van der Waals surface area contributed by atoms with Gasteiger partial charge in [0.1, 0.15) is 0 Å². The predicted octanol–water partition coefficient (Wildman–Crippen LogP) is 1.12. The monoisotopic (exact) mass is 239 g/mol. The molecule has 0 saturated carbocycles. The summed E-state index contributed by atoms with van der Waals surface area (Å²) in [6.07, 6.45) is 2.48. The first-order valence-electron chi connectivity index (χ1n) is 2.24. The third-order valence-electron chi connectivity index (χ3n) is 0.854. The quantitative estimate of drug-likeness (QED) is 0.676. The molecule has 0 spiro atoms. The van der Waals surface area contributed by atoms with Crippen LogP contribution in [-0.4, -0.2) is 4.98 Å². The van der Waals surface area contributed by atoms with Gasteiger partial charge in [0.05, 0.1) is 3.57 Å². The van der Waals surface area contributed by atoms with E-state index < -0.39 is 11.2 Å². The van der Waals surface area contributed by atoms with Crippen LogP contribution < -0.4 is 5.43 Å². The number of hydrogen-bond acceptors (Lipinski definition) is 1. The van der Waals surface area contributed by atoms with Crippen molar-refractivity contribution in [3.8, 4) is 0 Å². The first-order valence-corrected chi connectivity index (χ1v) is 3.32. The van der Waals surface area contributed by atoms with Crippen molar-refractivity contribution in [3.05, 3.63) is 32.0 Å². The lowest BCUT2D eigenvalue weighted by Gasteiger charge is -1.86. The molecule has 1 aromatic rings. The van der Waals surface area contributed by atoms with Crippen LogP contribution in [0.1, 0.15) is 0 Å². The molecule has 0 unspecified atom stereocenters. The van der Waals surface area contributed by atoms with Crippen LogP contribution in [0.25, 0.3) is 0 Å². The maximum Gasteiger partial charge on any atom is 0.230 e. The lowest BCUT2D eigenvalue weighted by molar-refractivity contribution is 0.609. The highest BCUT2D eigenvalue weighted by atomic mass is 127. The maximum absolute atomic E-state index is 12.2. The lowest BCUT2D eigenvalue weighted by Crippen LogP contribution is -2.09. The number of halogens is 2. The van der Waals surface area contributed by atoms with E-state index >= 15 is 0 Å². The van der Waals surface area contributed by atoms with Gasteiger partial charge in [-0.25, -0.2) is 4.39 Å². The van der Waals surface area contributed by atoms with Crippen molar-refractivity contribution in [2.75, 3.05) is 0 Å². The Balaban J connectivity index is 3.43. The fourth-order valence-electron chi connectivity index (χ4n) is 0.433. The molecule has 0 aromatic carbocycles. The number of aromatic amines is 1. The Bertz CT molecular complexity index is 247. The Kier molecular flexibility index (Phi) is 1.84. The zero-order valence-corrected chi connectivity index (χ0v) is 6.48. The first-order chi connectivity index (χ1) is 4.22. The van der Waals surface area contributed by atoms with E-state index in [0.717, 1.165) is 6.20 Å². The van der Waals surface area contributed by atoms with E-state index in [-0.39, 0.29) is 0 Å². The Labute approximate surface area is 64.2 Å². The molecule has 0 amide bonds. The average Bonchev–Trinajstić information content (AvgIpc) is 1.83. The van der Waals surface area contributed by atoms with E-state index in [2.05, 4.69) is 4.98 Å². The van der Waals surface area contributed by atoms with Gasteiger partial charge >= 0.3 is 0 Å². The summed E-state index contributed by atoms with van der Waals surface area (Å²) >= 11 is 1.77. The fraction of sp³-hybridized carbons (Fsp3) is 0. The minimum Gasteiger partial charge on any atom is -0.364 e. The molecule has 0 saturated heterocycles. The molecular formula is C5H3FINO. The van der Waals surface area contributed by atoms with E-state index in [1.54, 1.807) is 22.6 Å². The highest BCUT2D eigenvalue weighted by Gasteiger charge is 1.98. The molecule has 0 fully saturated rings. The van der Waals surface area contributed by atoms with Crippen LogP contribution in [-0.2, 0) is 0 Å². The summed E-state index contributed by atoms with van der Waals surface area (Å²) < 4.78 is 12.6. The highest BCUT2D eigenvalue weighted by molar-refractivity contribution is 14.1. The maximum atomic E-state index is 12.2. The molecule has 1 rings (SSSR count). The van der Waals surface area contributed by atoms with Gasteiger partial charge in [0.2, 0.25) is 5.43 Å². The van der Waals surface area contributed by atoms with Crippen LogP contribution in [0.3, 0.4) is 0 Å². The van der Waals surface area contributed by atoms with Crippen LogP contribution in [0.4, 0.5) is 4.39 Å². The number of hydrogen-bond donors (Lipinski definition) is 1. The molecule has 0 aliphatic heterocycles. The number of rotatable bonds is 0. The standard InChI is InChI=1S/C5H3FINO/c6-3-1-8-2-4(7)5(3)9/h1-2H,(H,8,9). The van der Waals surface area contributed by atoms with Gasteiger partial charge in [-0.3, -0.25) is 4.79 Å². The van der Waals surface area contributed by atoms with Gasteiger partial charge in [0.15, 0.2) is 5.82 Å². The van der Waals surface area contributed by atoms with Crippen molar-refractivity contribution in [2.24, 2.45) is 0 Å². The molecule has 0 aliphatic carbocycles. The Morgan fingerprint density at radius 3 is 2.67 bits per heavy atom. The van der Waals surface area contributed by atoms with Gasteiger partial charge in [-0.1, -0.05) is 0 Å². The number of aromatic nitrogens is 1. The summed E-state index contributed by atoms with van der Waals surface area (Å²) in [5.41, 5.74) is -0.547. The number of pyridine rings is 1. The van der Waals surface area contributed by atoms with Crippen LogP contribution >= 0.6 is 22.6 Å². The van der Waals surface area contributed by atoms with Crippen molar-refractivity contribution in [2.45, 2.75) is 0 Å². The van der Waals surface area contributed by atoms with Crippen molar-refractivity contribution in [3.63, 3.8) is 0 Å². The fourth-order valence-corrected chi connectivity index (χ4v) is 0.871. The highest BCUT2D eigenvalue weighted by Crippen LogP contribution is 1.94. The number of H-pyrrole nitrogens is 1. The van der Waals surface area contributed by atoms with Crippen molar-refractivity contribution in [1.29, 1.82) is 0 Å². The van der Waals surface area contributed by atoms with Gasteiger partial charge in [-0.05, 0) is 22.6 Å².